The lowest BCUT2D eigenvalue weighted by Gasteiger charge is -2.16. The van der Waals surface area contributed by atoms with Crippen molar-refractivity contribution in [2.45, 2.75) is 13.0 Å². The van der Waals surface area contributed by atoms with Gasteiger partial charge in [0.15, 0.2) is 0 Å². The minimum Gasteiger partial charge on any atom is -0.373 e. The van der Waals surface area contributed by atoms with Crippen LogP contribution in [0, 0.1) is 15.9 Å². The lowest BCUT2D eigenvalue weighted by atomic mass is 10.1. The Balaban J connectivity index is 2.28. The quantitative estimate of drug-likeness (QED) is 0.664. The topological polar surface area (TPSA) is 55.2 Å². The summed E-state index contributed by atoms with van der Waals surface area (Å²) in [4.78, 5) is 10.3. The fourth-order valence-corrected chi connectivity index (χ4v) is 2.07. The molecule has 0 saturated heterocycles. The summed E-state index contributed by atoms with van der Waals surface area (Å²) >= 11 is 5.91. The Morgan fingerprint density at radius 3 is 2.70 bits per heavy atom. The summed E-state index contributed by atoms with van der Waals surface area (Å²) in [6, 6.07) is 10.4. The summed E-state index contributed by atoms with van der Waals surface area (Å²) in [5, 5.41) is 14.5. The summed E-state index contributed by atoms with van der Waals surface area (Å²) in [5.41, 5.74) is 0.860. The maximum Gasteiger partial charge on any atom is 0.295 e. The second-order valence-corrected chi connectivity index (χ2v) is 4.78. The molecule has 2 rings (SSSR count). The predicted molar refractivity (Wildman–Crippen MR) is 76.5 cm³/mol. The van der Waals surface area contributed by atoms with Gasteiger partial charge in [0.25, 0.3) is 5.69 Å². The van der Waals surface area contributed by atoms with Crippen molar-refractivity contribution >= 4 is 23.0 Å². The molecular weight excluding hydrogens is 283 g/mol. The maximum absolute atomic E-state index is 13.1. The number of nitrogens with one attached hydrogen (secondary N) is 1. The zero-order valence-electron chi connectivity index (χ0n) is 10.6. The highest BCUT2D eigenvalue weighted by molar-refractivity contribution is 6.30. The molecule has 1 atom stereocenters. The molecule has 0 saturated carbocycles. The standard InChI is InChI=1S/C14H12ClFN2O2/c1-9(10-3-2-4-11(15)7-10)17-13-6-5-12(16)8-14(13)18(19)20/h2-9,17H,1H3. The van der Waals surface area contributed by atoms with Crippen LogP contribution in [0.4, 0.5) is 15.8 Å². The Hall–Kier alpha value is -2.14. The lowest BCUT2D eigenvalue weighted by Crippen LogP contribution is -2.08. The molecule has 0 bridgehead atoms. The Bertz CT molecular complexity index is 649. The molecule has 6 heteroatoms. The van der Waals surface area contributed by atoms with Crippen molar-refractivity contribution in [3.63, 3.8) is 0 Å². The van der Waals surface area contributed by atoms with Crippen molar-refractivity contribution in [3.8, 4) is 0 Å². The molecule has 1 N–H and O–H groups in total. The number of rotatable bonds is 4. The highest BCUT2D eigenvalue weighted by Crippen LogP contribution is 2.29. The number of hydrogen-bond donors (Lipinski definition) is 1. The monoisotopic (exact) mass is 294 g/mol. The molecule has 1 unspecified atom stereocenters. The Labute approximate surface area is 120 Å². The molecule has 2 aromatic rings. The van der Waals surface area contributed by atoms with Gasteiger partial charge in [0.1, 0.15) is 11.5 Å². The van der Waals surface area contributed by atoms with Crippen LogP contribution in [0.5, 0.6) is 0 Å². The first-order valence-corrected chi connectivity index (χ1v) is 6.31. The third kappa shape index (κ3) is 3.24. The van der Waals surface area contributed by atoms with Crippen LogP contribution in [0.2, 0.25) is 5.02 Å². The highest BCUT2D eigenvalue weighted by Gasteiger charge is 2.17. The zero-order chi connectivity index (χ0) is 14.7. The van der Waals surface area contributed by atoms with E-state index in [9.17, 15) is 14.5 Å². The number of halogens is 2. The van der Waals surface area contributed by atoms with Crippen molar-refractivity contribution in [1.82, 2.24) is 0 Å². The third-order valence-electron chi connectivity index (χ3n) is 2.88. The largest absolute Gasteiger partial charge is 0.373 e. The molecule has 0 fully saturated rings. The van der Waals surface area contributed by atoms with E-state index in [4.69, 9.17) is 11.6 Å². The van der Waals surface area contributed by atoms with Crippen LogP contribution in [0.1, 0.15) is 18.5 Å². The fraction of sp³-hybridized carbons (Fsp3) is 0.143. The first-order chi connectivity index (χ1) is 9.47. The van der Waals surface area contributed by atoms with Crippen molar-refractivity contribution in [2.24, 2.45) is 0 Å². The van der Waals surface area contributed by atoms with Gasteiger partial charge in [0, 0.05) is 11.1 Å². The van der Waals surface area contributed by atoms with Crippen LogP contribution in [0.25, 0.3) is 0 Å². The van der Waals surface area contributed by atoms with E-state index in [0.29, 0.717) is 5.02 Å². The van der Waals surface area contributed by atoms with Gasteiger partial charge in [-0.3, -0.25) is 10.1 Å². The van der Waals surface area contributed by atoms with E-state index >= 15 is 0 Å². The number of nitrogens with zero attached hydrogens (tertiary/aromatic N) is 1. The first kappa shape index (κ1) is 14.3. The van der Waals surface area contributed by atoms with Crippen LogP contribution in [-0.2, 0) is 0 Å². The highest BCUT2D eigenvalue weighted by atomic mass is 35.5. The van der Waals surface area contributed by atoms with Crippen LogP contribution < -0.4 is 5.32 Å². The van der Waals surface area contributed by atoms with Crippen molar-refractivity contribution in [1.29, 1.82) is 0 Å². The molecule has 0 aliphatic rings. The first-order valence-electron chi connectivity index (χ1n) is 5.93. The third-order valence-corrected chi connectivity index (χ3v) is 3.11. The van der Waals surface area contributed by atoms with E-state index in [2.05, 4.69) is 5.32 Å². The van der Waals surface area contributed by atoms with Gasteiger partial charge in [-0.1, -0.05) is 23.7 Å². The molecule has 4 nitrogen and oxygen atoms in total. The second kappa shape index (κ2) is 5.88. The van der Waals surface area contributed by atoms with Gasteiger partial charge < -0.3 is 5.32 Å². The Morgan fingerprint density at radius 1 is 1.30 bits per heavy atom. The molecule has 0 radical (unpaired) electrons. The van der Waals surface area contributed by atoms with Gasteiger partial charge in [-0.2, -0.15) is 0 Å². The van der Waals surface area contributed by atoms with Crippen LogP contribution in [-0.4, -0.2) is 4.92 Å². The minimum atomic E-state index is -0.641. The van der Waals surface area contributed by atoms with Crippen molar-refractivity contribution in [2.75, 3.05) is 5.32 Å². The van der Waals surface area contributed by atoms with Crippen LogP contribution >= 0.6 is 11.6 Å². The van der Waals surface area contributed by atoms with E-state index in [1.807, 2.05) is 13.0 Å². The summed E-state index contributed by atoms with van der Waals surface area (Å²) in [6.45, 7) is 1.85. The summed E-state index contributed by atoms with van der Waals surface area (Å²) in [6.07, 6.45) is 0. The minimum absolute atomic E-state index is 0.196. The van der Waals surface area contributed by atoms with E-state index in [1.54, 1.807) is 18.2 Å². The number of nitro groups is 1. The lowest BCUT2D eigenvalue weighted by molar-refractivity contribution is -0.384. The average molecular weight is 295 g/mol. The Morgan fingerprint density at radius 2 is 2.05 bits per heavy atom. The summed E-state index contributed by atoms with van der Waals surface area (Å²) in [5.74, 6) is -0.641. The van der Waals surface area contributed by atoms with Crippen LogP contribution in [0.15, 0.2) is 42.5 Å². The van der Waals surface area contributed by atoms with E-state index in [0.717, 1.165) is 11.6 Å². The van der Waals surface area contributed by atoms with Gasteiger partial charge in [-0.15, -0.1) is 0 Å². The van der Waals surface area contributed by atoms with Gasteiger partial charge in [0.05, 0.1) is 11.0 Å². The van der Waals surface area contributed by atoms with E-state index < -0.39 is 10.7 Å². The molecule has 0 aromatic heterocycles. The van der Waals surface area contributed by atoms with E-state index in [1.165, 1.54) is 12.1 Å². The number of hydrogen-bond acceptors (Lipinski definition) is 3. The number of nitro benzene ring substituents is 1. The van der Waals surface area contributed by atoms with Gasteiger partial charge in [0.2, 0.25) is 0 Å². The molecule has 2 aromatic carbocycles. The SMILES string of the molecule is CC(Nc1ccc(F)cc1[N+](=O)[O-])c1cccc(Cl)c1. The molecule has 0 amide bonds. The number of anilines is 1. The van der Waals surface area contributed by atoms with Crippen molar-refractivity contribution in [3.05, 3.63) is 69.0 Å². The van der Waals surface area contributed by atoms with E-state index in [-0.39, 0.29) is 17.4 Å². The molecule has 0 aliphatic carbocycles. The van der Waals surface area contributed by atoms with Crippen molar-refractivity contribution < 1.29 is 9.31 Å². The fourth-order valence-electron chi connectivity index (χ4n) is 1.87. The average Bonchev–Trinajstić information content (AvgIpc) is 2.40. The molecule has 0 spiro atoms. The van der Waals surface area contributed by atoms with Gasteiger partial charge in [-0.05, 0) is 36.8 Å². The predicted octanol–water partition coefficient (Wildman–Crippen LogP) is 4.56. The molecule has 0 heterocycles. The summed E-state index contributed by atoms with van der Waals surface area (Å²) < 4.78 is 13.1. The normalized spacial score (nSPS) is 11.9. The Kier molecular flexibility index (Phi) is 4.20. The molecule has 104 valence electrons. The molecule has 0 aliphatic heterocycles. The van der Waals surface area contributed by atoms with Gasteiger partial charge >= 0.3 is 0 Å². The maximum atomic E-state index is 13.1. The smallest absolute Gasteiger partial charge is 0.295 e. The summed E-state index contributed by atoms with van der Waals surface area (Å²) in [7, 11) is 0. The van der Waals surface area contributed by atoms with Gasteiger partial charge in [-0.25, -0.2) is 4.39 Å². The zero-order valence-corrected chi connectivity index (χ0v) is 11.4. The number of benzene rings is 2. The molecular formula is C14H12ClFN2O2. The van der Waals surface area contributed by atoms with Crippen LogP contribution in [0.3, 0.4) is 0 Å². The second-order valence-electron chi connectivity index (χ2n) is 4.34. The molecule has 20 heavy (non-hydrogen) atoms.